The van der Waals surface area contributed by atoms with E-state index < -0.39 is 17.5 Å². The van der Waals surface area contributed by atoms with Gasteiger partial charge < -0.3 is 37.1 Å². The van der Waals surface area contributed by atoms with Gasteiger partial charge in [0.05, 0.1) is 17.2 Å². The first-order valence-corrected chi connectivity index (χ1v) is 11.5. The van der Waals surface area contributed by atoms with E-state index in [1.807, 2.05) is 30.3 Å². The van der Waals surface area contributed by atoms with Gasteiger partial charge in [0.25, 0.3) is 11.8 Å². The summed E-state index contributed by atoms with van der Waals surface area (Å²) in [5.74, 6) is -0.787. The van der Waals surface area contributed by atoms with Crippen LogP contribution in [0.2, 0.25) is 5.02 Å². The highest BCUT2D eigenvalue weighted by molar-refractivity contribution is 6.32. The molecule has 2 aromatic carbocycles. The van der Waals surface area contributed by atoms with Crippen LogP contribution in [0.15, 0.2) is 48.5 Å². The highest BCUT2D eigenvalue weighted by atomic mass is 35.5. The molecule has 2 amide bonds. The second-order valence-electron chi connectivity index (χ2n) is 8.19. The molecule has 3 rings (SSSR count). The van der Waals surface area contributed by atoms with Crippen molar-refractivity contribution in [2.24, 2.45) is 11.5 Å². The number of benzene rings is 2. The van der Waals surface area contributed by atoms with E-state index >= 15 is 0 Å². The molecule has 0 bridgehead atoms. The van der Waals surface area contributed by atoms with Crippen LogP contribution in [0.1, 0.15) is 39.2 Å². The maximum atomic E-state index is 13.1. The number of imidazole rings is 1. The molecule has 0 spiro atoms. The second-order valence-corrected chi connectivity index (χ2v) is 8.60. The zero-order chi connectivity index (χ0) is 25.6. The molecule has 0 fully saturated rings. The van der Waals surface area contributed by atoms with E-state index in [9.17, 15) is 14.7 Å². The topological polar surface area (TPSA) is 160 Å². The van der Waals surface area contributed by atoms with Gasteiger partial charge in [-0.1, -0.05) is 48.0 Å². The van der Waals surface area contributed by atoms with Gasteiger partial charge in [-0.25, -0.2) is 4.98 Å². The Morgan fingerprint density at radius 2 is 1.83 bits per heavy atom. The first-order chi connectivity index (χ1) is 16.6. The van der Waals surface area contributed by atoms with Crippen molar-refractivity contribution in [2.45, 2.75) is 25.6 Å². The minimum absolute atomic E-state index is 0.0168. The van der Waals surface area contributed by atoms with Crippen LogP contribution in [-0.2, 0) is 13.0 Å². The Hall–Kier alpha value is -3.60. The van der Waals surface area contributed by atoms with Crippen molar-refractivity contribution in [2.75, 3.05) is 25.5 Å². The van der Waals surface area contributed by atoms with Gasteiger partial charge in [0.1, 0.15) is 5.75 Å². The largest absolute Gasteiger partial charge is 0.506 e. The summed E-state index contributed by atoms with van der Waals surface area (Å²) >= 11 is 6.06. The molecule has 1 heterocycles. The van der Waals surface area contributed by atoms with E-state index in [2.05, 4.69) is 20.9 Å². The molecule has 8 N–H and O–H groups in total. The molecule has 0 radical (unpaired) electrons. The summed E-state index contributed by atoms with van der Waals surface area (Å²) in [6.45, 7) is 2.35. The van der Waals surface area contributed by atoms with Gasteiger partial charge in [-0.2, -0.15) is 0 Å². The van der Waals surface area contributed by atoms with Gasteiger partial charge in [-0.15, -0.1) is 0 Å². The molecule has 0 unspecified atom stereocenters. The van der Waals surface area contributed by atoms with Crippen molar-refractivity contribution in [1.82, 2.24) is 20.2 Å². The van der Waals surface area contributed by atoms with Gasteiger partial charge in [0.2, 0.25) is 5.82 Å². The van der Waals surface area contributed by atoms with Crippen LogP contribution >= 0.6 is 11.6 Å². The van der Waals surface area contributed by atoms with Gasteiger partial charge in [0, 0.05) is 26.6 Å². The molecule has 0 atom stereocenters. The fourth-order valence-electron chi connectivity index (χ4n) is 3.61. The number of carbonyl (C=O) groups excluding carboxylic acids is 2. The molecule has 0 saturated carbocycles. The third-order valence-corrected chi connectivity index (χ3v) is 5.57. The van der Waals surface area contributed by atoms with Crippen LogP contribution in [0.25, 0.3) is 0 Å². The van der Waals surface area contributed by atoms with Crippen molar-refractivity contribution >= 4 is 29.2 Å². The van der Waals surface area contributed by atoms with Crippen LogP contribution in [-0.4, -0.2) is 52.3 Å². The fraction of sp³-hybridized carbons (Fsp3) is 0.292. The number of rotatable bonds is 10. The van der Waals surface area contributed by atoms with Crippen molar-refractivity contribution in [3.63, 3.8) is 0 Å². The summed E-state index contributed by atoms with van der Waals surface area (Å²) in [6.07, 6.45) is 0.381. The zero-order valence-corrected chi connectivity index (χ0v) is 20.4. The van der Waals surface area contributed by atoms with Crippen LogP contribution in [0.3, 0.4) is 0 Å². The maximum Gasteiger partial charge on any atom is 0.287 e. The number of phenols is 1. The number of aromatic hydroxyl groups is 1. The van der Waals surface area contributed by atoms with E-state index in [1.165, 1.54) is 17.7 Å². The molecule has 0 saturated heterocycles. The molecule has 35 heavy (non-hydrogen) atoms. The molecular weight excluding hydrogens is 470 g/mol. The van der Waals surface area contributed by atoms with Crippen molar-refractivity contribution in [3.05, 3.63) is 76.2 Å². The average Bonchev–Trinajstić information content (AvgIpc) is 3.18. The third-order valence-electron chi connectivity index (χ3n) is 5.26. The van der Waals surface area contributed by atoms with Gasteiger partial charge >= 0.3 is 0 Å². The lowest BCUT2D eigenvalue weighted by atomic mass is 10.0. The molecular formula is C24H30ClN7O3. The zero-order valence-electron chi connectivity index (χ0n) is 19.6. The van der Waals surface area contributed by atoms with E-state index in [0.717, 1.165) is 5.56 Å². The van der Waals surface area contributed by atoms with Gasteiger partial charge in [-0.3, -0.25) is 9.59 Å². The number of nitrogens with two attached hydrogens (primary N) is 2. The summed E-state index contributed by atoms with van der Waals surface area (Å²) in [4.78, 5) is 30.1. The van der Waals surface area contributed by atoms with Gasteiger partial charge in [-0.05, 0) is 30.2 Å². The SMILES string of the molecule is CCNC(=O)c1c(NCC(N)(N)Cc2ccccc2)nc(C(=O)NC)n1Cc1ccc(O)c(Cl)c1. The van der Waals surface area contributed by atoms with Gasteiger partial charge in [0.15, 0.2) is 11.5 Å². The quantitative estimate of drug-likeness (QED) is 0.231. The number of phenolic OH excluding ortho intramolecular Hbond substituents is 1. The Kier molecular flexibility index (Phi) is 8.34. The Morgan fingerprint density at radius 3 is 2.46 bits per heavy atom. The lowest BCUT2D eigenvalue weighted by Crippen LogP contribution is -2.56. The highest BCUT2D eigenvalue weighted by Crippen LogP contribution is 2.26. The molecule has 186 valence electrons. The molecule has 11 heteroatoms. The van der Waals surface area contributed by atoms with Crippen LogP contribution in [0.5, 0.6) is 5.75 Å². The van der Waals surface area contributed by atoms with E-state index in [-0.39, 0.29) is 41.2 Å². The Labute approximate surface area is 208 Å². The van der Waals surface area contributed by atoms with E-state index in [1.54, 1.807) is 19.1 Å². The number of aromatic nitrogens is 2. The smallest absolute Gasteiger partial charge is 0.287 e. The van der Waals surface area contributed by atoms with Crippen LogP contribution in [0, 0.1) is 0 Å². The Bertz CT molecular complexity index is 1200. The lowest BCUT2D eigenvalue weighted by molar-refractivity contribution is 0.0942. The standard InChI is InChI=1S/C24H30ClN7O3/c1-3-29-22(34)19-20(30-14-24(26,27)12-15-7-5-4-6-8-15)31-21(23(35)28-2)32(19)13-16-9-10-18(33)17(25)11-16/h4-11,30,33H,3,12-14,26-27H2,1-2H3,(H,28,35)(H,29,34). The predicted octanol–water partition coefficient (Wildman–Crippen LogP) is 1.67. The Morgan fingerprint density at radius 1 is 1.11 bits per heavy atom. The molecule has 1 aromatic heterocycles. The van der Waals surface area contributed by atoms with Crippen LogP contribution in [0.4, 0.5) is 5.82 Å². The molecule has 0 aliphatic rings. The summed E-state index contributed by atoms with van der Waals surface area (Å²) in [5.41, 5.74) is 13.3. The number of hydrogen-bond acceptors (Lipinski definition) is 7. The number of amides is 2. The minimum Gasteiger partial charge on any atom is -0.506 e. The number of nitrogens with zero attached hydrogens (tertiary/aromatic N) is 2. The maximum absolute atomic E-state index is 13.1. The molecule has 3 aromatic rings. The number of nitrogens with one attached hydrogen (secondary N) is 3. The fourth-order valence-corrected chi connectivity index (χ4v) is 3.81. The number of anilines is 1. The summed E-state index contributed by atoms with van der Waals surface area (Å²) in [7, 11) is 1.47. The summed E-state index contributed by atoms with van der Waals surface area (Å²) < 4.78 is 1.49. The Balaban J connectivity index is 1.98. The van der Waals surface area contributed by atoms with Crippen LogP contribution < -0.4 is 27.4 Å². The molecule has 0 aliphatic heterocycles. The molecule has 0 aliphatic carbocycles. The van der Waals surface area contributed by atoms with Crippen molar-refractivity contribution in [1.29, 1.82) is 0 Å². The number of carbonyl (C=O) groups is 2. The lowest BCUT2D eigenvalue weighted by Gasteiger charge is -2.25. The highest BCUT2D eigenvalue weighted by Gasteiger charge is 2.28. The normalized spacial score (nSPS) is 11.2. The third kappa shape index (κ3) is 6.50. The van der Waals surface area contributed by atoms with E-state index in [4.69, 9.17) is 23.1 Å². The monoisotopic (exact) mass is 499 g/mol. The number of hydrogen-bond donors (Lipinski definition) is 6. The first-order valence-electron chi connectivity index (χ1n) is 11.1. The van der Waals surface area contributed by atoms with Crippen molar-refractivity contribution in [3.8, 4) is 5.75 Å². The summed E-state index contributed by atoms with van der Waals surface area (Å²) in [5, 5.41) is 18.3. The first kappa shape index (κ1) is 26.0. The summed E-state index contributed by atoms with van der Waals surface area (Å²) in [6, 6.07) is 14.2. The minimum atomic E-state index is -1.15. The second kappa shape index (κ2) is 11.2. The average molecular weight is 500 g/mol. The van der Waals surface area contributed by atoms with E-state index in [0.29, 0.717) is 18.5 Å². The molecule has 10 nitrogen and oxygen atoms in total. The number of halogens is 1. The van der Waals surface area contributed by atoms with Crippen molar-refractivity contribution < 1.29 is 14.7 Å². The predicted molar refractivity (Wildman–Crippen MR) is 136 cm³/mol.